The van der Waals surface area contributed by atoms with Crippen molar-refractivity contribution in [2.45, 2.75) is 70.4 Å². The molecule has 1 saturated heterocycles. The van der Waals surface area contributed by atoms with E-state index in [0.717, 1.165) is 31.6 Å². The Balaban J connectivity index is 2.00. The van der Waals surface area contributed by atoms with Crippen LogP contribution in [0.4, 0.5) is 0 Å². The largest absolute Gasteiger partial charge is 0.381 e. The molecule has 1 heterocycles. The third-order valence-electron chi connectivity index (χ3n) is 5.14. The third kappa shape index (κ3) is 4.44. The van der Waals surface area contributed by atoms with Crippen molar-refractivity contribution in [3.63, 3.8) is 0 Å². The van der Waals surface area contributed by atoms with Gasteiger partial charge in [-0.3, -0.25) is 0 Å². The van der Waals surface area contributed by atoms with Crippen molar-refractivity contribution < 1.29 is 9.47 Å². The highest BCUT2D eigenvalue weighted by molar-refractivity contribution is 4.90. The van der Waals surface area contributed by atoms with Crippen molar-refractivity contribution in [3.05, 3.63) is 0 Å². The Kier molecular flexibility index (Phi) is 7.32. The van der Waals surface area contributed by atoms with Gasteiger partial charge in [-0.2, -0.15) is 0 Å². The highest BCUT2D eigenvalue weighted by Gasteiger charge is 2.35. The van der Waals surface area contributed by atoms with E-state index in [1.54, 1.807) is 0 Å². The van der Waals surface area contributed by atoms with Crippen LogP contribution in [0.25, 0.3) is 0 Å². The Morgan fingerprint density at radius 1 is 1.05 bits per heavy atom. The standard InChI is InChI=1S/C17H33NO2/c1-3-11-18-16(14-9-12-20-13-10-14)17(19-2)15-7-5-4-6-8-15/h14-18H,3-13H2,1-2H3. The van der Waals surface area contributed by atoms with Gasteiger partial charge in [0.2, 0.25) is 0 Å². The molecular formula is C17H33NO2. The van der Waals surface area contributed by atoms with Gasteiger partial charge in [0.05, 0.1) is 6.10 Å². The molecule has 1 saturated carbocycles. The molecule has 2 rings (SSSR count). The minimum Gasteiger partial charge on any atom is -0.381 e. The summed E-state index contributed by atoms with van der Waals surface area (Å²) in [7, 11) is 1.92. The zero-order valence-corrected chi connectivity index (χ0v) is 13.4. The number of hydrogen-bond donors (Lipinski definition) is 1. The minimum absolute atomic E-state index is 0.393. The monoisotopic (exact) mass is 283 g/mol. The van der Waals surface area contributed by atoms with Gasteiger partial charge < -0.3 is 14.8 Å². The molecule has 3 nitrogen and oxygen atoms in total. The van der Waals surface area contributed by atoms with Gasteiger partial charge in [0.15, 0.2) is 0 Å². The van der Waals surface area contributed by atoms with Gasteiger partial charge in [0, 0.05) is 26.4 Å². The maximum Gasteiger partial charge on any atom is 0.0755 e. The fourth-order valence-corrected chi connectivity index (χ4v) is 4.03. The van der Waals surface area contributed by atoms with E-state index in [-0.39, 0.29) is 0 Å². The fourth-order valence-electron chi connectivity index (χ4n) is 4.03. The van der Waals surface area contributed by atoms with Crippen LogP contribution in [0.5, 0.6) is 0 Å². The second-order valence-corrected chi connectivity index (χ2v) is 6.53. The molecule has 0 aromatic carbocycles. The molecule has 2 atom stereocenters. The Morgan fingerprint density at radius 2 is 1.75 bits per heavy atom. The molecule has 2 aliphatic rings. The van der Waals surface area contributed by atoms with E-state index in [1.165, 1.54) is 51.4 Å². The number of hydrogen-bond acceptors (Lipinski definition) is 3. The maximum absolute atomic E-state index is 6.00. The number of ether oxygens (including phenoxy) is 2. The van der Waals surface area contributed by atoms with Crippen molar-refractivity contribution in [2.75, 3.05) is 26.9 Å². The van der Waals surface area contributed by atoms with Gasteiger partial charge in [-0.25, -0.2) is 0 Å². The van der Waals surface area contributed by atoms with Gasteiger partial charge in [0.25, 0.3) is 0 Å². The topological polar surface area (TPSA) is 30.5 Å². The maximum atomic E-state index is 6.00. The second kappa shape index (κ2) is 9.01. The molecule has 0 spiro atoms. The van der Waals surface area contributed by atoms with Crippen LogP contribution >= 0.6 is 0 Å². The van der Waals surface area contributed by atoms with Gasteiger partial charge in [-0.15, -0.1) is 0 Å². The van der Waals surface area contributed by atoms with Gasteiger partial charge in [-0.05, 0) is 50.5 Å². The highest BCUT2D eigenvalue weighted by Crippen LogP contribution is 2.33. The summed E-state index contributed by atoms with van der Waals surface area (Å²) in [6, 6.07) is 0.520. The molecule has 2 unspecified atom stereocenters. The SMILES string of the molecule is CCCNC(C1CCOCC1)C(OC)C1CCCCC1. The molecule has 0 amide bonds. The van der Waals surface area contributed by atoms with E-state index in [9.17, 15) is 0 Å². The molecule has 0 aromatic heterocycles. The average Bonchev–Trinajstić information content (AvgIpc) is 2.53. The van der Waals surface area contributed by atoms with Crippen molar-refractivity contribution in [2.24, 2.45) is 11.8 Å². The van der Waals surface area contributed by atoms with Crippen LogP contribution in [0, 0.1) is 11.8 Å². The molecule has 1 N–H and O–H groups in total. The molecule has 1 aliphatic carbocycles. The lowest BCUT2D eigenvalue weighted by atomic mass is 9.77. The lowest BCUT2D eigenvalue weighted by molar-refractivity contribution is -0.0304. The third-order valence-corrected chi connectivity index (χ3v) is 5.14. The van der Waals surface area contributed by atoms with E-state index in [1.807, 2.05) is 7.11 Å². The first kappa shape index (κ1) is 16.3. The average molecular weight is 283 g/mol. The lowest BCUT2D eigenvalue weighted by Gasteiger charge is -2.40. The number of nitrogens with one attached hydrogen (secondary N) is 1. The molecule has 2 fully saturated rings. The first-order valence-corrected chi connectivity index (χ1v) is 8.70. The summed E-state index contributed by atoms with van der Waals surface area (Å²) in [5.74, 6) is 1.48. The van der Waals surface area contributed by atoms with Gasteiger partial charge in [-0.1, -0.05) is 26.2 Å². The van der Waals surface area contributed by atoms with Crippen LogP contribution in [0.3, 0.4) is 0 Å². The summed E-state index contributed by atoms with van der Waals surface area (Å²) in [4.78, 5) is 0. The summed E-state index contributed by atoms with van der Waals surface area (Å²) < 4.78 is 11.5. The van der Waals surface area contributed by atoms with Crippen LogP contribution in [-0.4, -0.2) is 39.0 Å². The summed E-state index contributed by atoms with van der Waals surface area (Å²) in [6.07, 6.45) is 10.9. The Bertz CT molecular complexity index is 247. The predicted octanol–water partition coefficient (Wildman–Crippen LogP) is 3.38. The first-order chi connectivity index (χ1) is 9.86. The number of methoxy groups -OCH3 is 1. The molecule has 0 aromatic rings. The highest BCUT2D eigenvalue weighted by atomic mass is 16.5. The van der Waals surface area contributed by atoms with Crippen molar-refractivity contribution >= 4 is 0 Å². The molecule has 118 valence electrons. The van der Waals surface area contributed by atoms with Crippen LogP contribution in [-0.2, 0) is 9.47 Å². The molecule has 0 bridgehead atoms. The summed E-state index contributed by atoms with van der Waals surface area (Å²) in [5.41, 5.74) is 0. The van der Waals surface area contributed by atoms with Gasteiger partial charge >= 0.3 is 0 Å². The summed E-state index contributed by atoms with van der Waals surface area (Å²) >= 11 is 0. The second-order valence-electron chi connectivity index (χ2n) is 6.53. The van der Waals surface area contributed by atoms with Crippen molar-refractivity contribution in [1.29, 1.82) is 0 Å². The van der Waals surface area contributed by atoms with E-state index in [4.69, 9.17) is 9.47 Å². The Hall–Kier alpha value is -0.120. The first-order valence-electron chi connectivity index (χ1n) is 8.70. The Morgan fingerprint density at radius 3 is 2.35 bits per heavy atom. The van der Waals surface area contributed by atoms with E-state index >= 15 is 0 Å². The Labute approximate surface area is 124 Å². The van der Waals surface area contributed by atoms with E-state index in [0.29, 0.717) is 12.1 Å². The molecule has 3 heteroatoms. The van der Waals surface area contributed by atoms with Crippen LogP contribution in [0.1, 0.15) is 58.3 Å². The van der Waals surface area contributed by atoms with Crippen LogP contribution in [0.15, 0.2) is 0 Å². The van der Waals surface area contributed by atoms with Crippen LogP contribution in [0.2, 0.25) is 0 Å². The quantitative estimate of drug-likeness (QED) is 0.777. The van der Waals surface area contributed by atoms with E-state index < -0.39 is 0 Å². The number of rotatable bonds is 7. The van der Waals surface area contributed by atoms with Gasteiger partial charge in [0.1, 0.15) is 0 Å². The molecule has 1 aliphatic heterocycles. The zero-order valence-electron chi connectivity index (χ0n) is 13.4. The normalized spacial score (nSPS) is 25.5. The predicted molar refractivity (Wildman–Crippen MR) is 83.0 cm³/mol. The fraction of sp³-hybridized carbons (Fsp3) is 1.00. The smallest absolute Gasteiger partial charge is 0.0755 e. The van der Waals surface area contributed by atoms with Crippen LogP contribution < -0.4 is 5.32 Å². The van der Waals surface area contributed by atoms with Crippen molar-refractivity contribution in [1.82, 2.24) is 5.32 Å². The summed E-state index contributed by atoms with van der Waals surface area (Å²) in [5, 5.41) is 3.81. The zero-order chi connectivity index (χ0) is 14.2. The molecular weight excluding hydrogens is 250 g/mol. The molecule has 20 heavy (non-hydrogen) atoms. The van der Waals surface area contributed by atoms with E-state index in [2.05, 4.69) is 12.2 Å². The molecule has 0 radical (unpaired) electrons. The van der Waals surface area contributed by atoms with Crippen molar-refractivity contribution in [3.8, 4) is 0 Å². The summed E-state index contributed by atoms with van der Waals surface area (Å²) in [6.45, 7) is 5.21. The minimum atomic E-state index is 0.393. The lowest BCUT2D eigenvalue weighted by Crippen LogP contribution is -2.51.